The number of ether oxygens (including phenoxy) is 1. The van der Waals surface area contributed by atoms with E-state index in [1.54, 1.807) is 17.8 Å². The molecule has 1 aromatic carbocycles. The summed E-state index contributed by atoms with van der Waals surface area (Å²) in [5.74, 6) is -1.89. The van der Waals surface area contributed by atoms with E-state index >= 15 is 0 Å². The molecule has 1 N–H and O–H groups in total. The second-order valence-corrected chi connectivity index (χ2v) is 7.29. The van der Waals surface area contributed by atoms with Crippen molar-refractivity contribution in [3.63, 3.8) is 0 Å². The molecule has 0 bridgehead atoms. The Bertz CT molecular complexity index is 540. The van der Waals surface area contributed by atoms with Crippen molar-refractivity contribution >= 4 is 17.7 Å². The van der Waals surface area contributed by atoms with E-state index in [-0.39, 0.29) is 11.2 Å². The van der Waals surface area contributed by atoms with Gasteiger partial charge in [-0.2, -0.15) is 0 Å². The van der Waals surface area contributed by atoms with E-state index in [0.29, 0.717) is 5.25 Å². The molecule has 1 spiro atoms. The Balaban J connectivity index is 1.71. The van der Waals surface area contributed by atoms with Crippen LogP contribution < -0.4 is 0 Å². The monoisotopic (exact) mass is 310 g/mol. The summed E-state index contributed by atoms with van der Waals surface area (Å²) >= 11 is 1.66. The number of carboxylic acids is 1. The minimum atomic E-state index is -1.21. The zero-order chi connectivity index (χ0) is 14.9. The van der Waals surface area contributed by atoms with E-state index in [0.717, 1.165) is 37.2 Å². The van der Waals surface area contributed by atoms with Gasteiger partial charge in [-0.15, -0.1) is 11.8 Å². The maximum atomic E-state index is 13.4. The number of thioether (sulfide) groups is 1. The standard InChI is InChI=1S/C16H19FO3S/c17-14-4-3-11(9-13(14)15(18)19)21-12-5-8-20-16(10-12)6-1-2-7-16/h3-4,9,12H,1-2,5-8,10H2,(H,18,19). The van der Waals surface area contributed by atoms with Crippen LogP contribution in [-0.4, -0.2) is 28.5 Å². The molecule has 1 aliphatic carbocycles. The van der Waals surface area contributed by atoms with Crippen molar-refractivity contribution in [2.75, 3.05) is 6.61 Å². The van der Waals surface area contributed by atoms with Gasteiger partial charge in [0.2, 0.25) is 0 Å². The summed E-state index contributed by atoms with van der Waals surface area (Å²) < 4.78 is 19.4. The van der Waals surface area contributed by atoms with Crippen molar-refractivity contribution in [3.05, 3.63) is 29.6 Å². The van der Waals surface area contributed by atoms with Crippen molar-refractivity contribution in [3.8, 4) is 0 Å². The Kier molecular flexibility index (Phi) is 4.22. The summed E-state index contributed by atoms with van der Waals surface area (Å²) in [5, 5.41) is 9.41. The van der Waals surface area contributed by atoms with Crippen LogP contribution in [0.4, 0.5) is 4.39 Å². The SMILES string of the molecule is O=C(O)c1cc(SC2CCOC3(CCCC3)C2)ccc1F. The van der Waals surface area contributed by atoms with E-state index in [1.165, 1.54) is 25.0 Å². The molecule has 21 heavy (non-hydrogen) atoms. The van der Waals surface area contributed by atoms with Gasteiger partial charge in [0, 0.05) is 16.8 Å². The predicted octanol–water partition coefficient (Wildman–Crippen LogP) is 4.11. The number of halogens is 1. The zero-order valence-corrected chi connectivity index (χ0v) is 12.6. The maximum absolute atomic E-state index is 13.4. The van der Waals surface area contributed by atoms with Crippen LogP contribution in [0.3, 0.4) is 0 Å². The van der Waals surface area contributed by atoms with Crippen molar-refractivity contribution < 1.29 is 19.0 Å². The Labute approximate surface area is 127 Å². The lowest BCUT2D eigenvalue weighted by Crippen LogP contribution is -2.38. The molecule has 2 aliphatic rings. The largest absolute Gasteiger partial charge is 0.478 e. The van der Waals surface area contributed by atoms with Crippen LogP contribution in [0.15, 0.2) is 23.1 Å². The van der Waals surface area contributed by atoms with Crippen molar-refractivity contribution in [1.82, 2.24) is 0 Å². The number of carbonyl (C=O) groups is 1. The minimum absolute atomic E-state index is 0.0472. The summed E-state index contributed by atoms with van der Waals surface area (Å²) in [4.78, 5) is 11.8. The highest BCUT2D eigenvalue weighted by Gasteiger charge is 2.40. The average molecular weight is 310 g/mol. The molecule has 0 radical (unpaired) electrons. The second-order valence-electron chi connectivity index (χ2n) is 5.92. The third-order valence-electron chi connectivity index (χ3n) is 4.43. The smallest absolute Gasteiger partial charge is 0.338 e. The molecule has 114 valence electrons. The molecule has 1 atom stereocenters. The molecule has 1 heterocycles. The van der Waals surface area contributed by atoms with E-state index in [1.807, 2.05) is 0 Å². The molecule has 1 saturated heterocycles. The lowest BCUT2D eigenvalue weighted by atomic mass is 9.92. The number of carboxylic acid groups (broad SMARTS) is 1. The normalized spacial score (nSPS) is 24.3. The first-order chi connectivity index (χ1) is 10.1. The number of hydrogen-bond acceptors (Lipinski definition) is 3. The van der Waals surface area contributed by atoms with Gasteiger partial charge in [-0.3, -0.25) is 0 Å². The third kappa shape index (κ3) is 3.24. The van der Waals surface area contributed by atoms with Gasteiger partial charge in [-0.1, -0.05) is 12.8 Å². The van der Waals surface area contributed by atoms with Gasteiger partial charge in [0.25, 0.3) is 0 Å². The van der Waals surface area contributed by atoms with E-state index in [2.05, 4.69) is 0 Å². The fourth-order valence-corrected chi connectivity index (χ4v) is 4.70. The van der Waals surface area contributed by atoms with Crippen LogP contribution in [0.2, 0.25) is 0 Å². The third-order valence-corrected chi connectivity index (χ3v) is 5.70. The van der Waals surface area contributed by atoms with Gasteiger partial charge < -0.3 is 9.84 Å². The number of aromatic carboxylic acids is 1. The van der Waals surface area contributed by atoms with Crippen molar-refractivity contribution in [1.29, 1.82) is 0 Å². The van der Waals surface area contributed by atoms with Gasteiger partial charge >= 0.3 is 5.97 Å². The Morgan fingerprint density at radius 3 is 2.86 bits per heavy atom. The van der Waals surface area contributed by atoms with Crippen LogP contribution in [0, 0.1) is 5.82 Å². The van der Waals surface area contributed by atoms with Gasteiger partial charge in [0.1, 0.15) is 5.82 Å². The van der Waals surface area contributed by atoms with Crippen LogP contribution in [-0.2, 0) is 4.74 Å². The number of benzene rings is 1. The molecule has 1 unspecified atom stereocenters. The van der Waals surface area contributed by atoms with E-state index in [4.69, 9.17) is 9.84 Å². The van der Waals surface area contributed by atoms with Crippen LogP contribution in [0.5, 0.6) is 0 Å². The van der Waals surface area contributed by atoms with Gasteiger partial charge in [0.05, 0.1) is 11.2 Å². The number of rotatable bonds is 3. The average Bonchev–Trinajstić information content (AvgIpc) is 2.88. The lowest BCUT2D eigenvalue weighted by molar-refractivity contribution is -0.0704. The molecule has 3 rings (SSSR count). The van der Waals surface area contributed by atoms with Crippen LogP contribution in [0.25, 0.3) is 0 Å². The Morgan fingerprint density at radius 2 is 2.14 bits per heavy atom. The number of hydrogen-bond donors (Lipinski definition) is 1. The Hall–Kier alpha value is -1.07. The van der Waals surface area contributed by atoms with E-state index < -0.39 is 11.8 Å². The van der Waals surface area contributed by atoms with Crippen molar-refractivity contribution in [2.45, 2.75) is 54.3 Å². The fraction of sp³-hybridized carbons (Fsp3) is 0.562. The van der Waals surface area contributed by atoms with Gasteiger partial charge in [-0.05, 0) is 43.9 Å². The second kappa shape index (κ2) is 5.97. The first kappa shape index (κ1) is 14.9. The molecule has 1 aromatic rings. The highest BCUT2D eigenvalue weighted by molar-refractivity contribution is 8.00. The highest BCUT2D eigenvalue weighted by atomic mass is 32.2. The summed E-state index contributed by atoms with van der Waals surface area (Å²) in [7, 11) is 0. The fourth-order valence-electron chi connectivity index (χ4n) is 3.39. The first-order valence-electron chi connectivity index (χ1n) is 7.41. The molecular weight excluding hydrogens is 291 g/mol. The molecular formula is C16H19FO3S. The molecule has 0 aromatic heterocycles. The molecule has 1 aliphatic heterocycles. The summed E-state index contributed by atoms with van der Waals surface area (Å²) in [6.07, 6.45) is 6.71. The molecule has 5 heteroatoms. The zero-order valence-electron chi connectivity index (χ0n) is 11.8. The van der Waals surface area contributed by atoms with Gasteiger partial charge in [0.15, 0.2) is 0 Å². The lowest BCUT2D eigenvalue weighted by Gasteiger charge is -2.38. The minimum Gasteiger partial charge on any atom is -0.478 e. The molecule has 1 saturated carbocycles. The van der Waals surface area contributed by atoms with Gasteiger partial charge in [-0.25, -0.2) is 9.18 Å². The Morgan fingerprint density at radius 1 is 1.38 bits per heavy atom. The first-order valence-corrected chi connectivity index (χ1v) is 8.29. The topological polar surface area (TPSA) is 46.5 Å². The van der Waals surface area contributed by atoms with Crippen LogP contribution in [0.1, 0.15) is 48.9 Å². The maximum Gasteiger partial charge on any atom is 0.338 e. The van der Waals surface area contributed by atoms with E-state index in [9.17, 15) is 9.18 Å². The molecule has 3 nitrogen and oxygen atoms in total. The highest BCUT2D eigenvalue weighted by Crippen LogP contribution is 2.44. The predicted molar refractivity (Wildman–Crippen MR) is 79.4 cm³/mol. The summed E-state index contributed by atoms with van der Waals surface area (Å²) in [5.41, 5.74) is -0.200. The molecule has 2 fully saturated rings. The quantitative estimate of drug-likeness (QED) is 0.912. The summed E-state index contributed by atoms with van der Waals surface area (Å²) in [6.45, 7) is 0.769. The van der Waals surface area contributed by atoms with Crippen LogP contribution >= 0.6 is 11.8 Å². The molecule has 0 amide bonds. The van der Waals surface area contributed by atoms with Crippen molar-refractivity contribution in [2.24, 2.45) is 0 Å². The summed E-state index contributed by atoms with van der Waals surface area (Å²) in [6, 6.07) is 4.36.